The number of nitriles is 1. The summed E-state index contributed by atoms with van der Waals surface area (Å²) in [5.74, 6) is 1.14. The Hall–Kier alpha value is -4.50. The van der Waals surface area contributed by atoms with Crippen molar-refractivity contribution < 1.29 is 18.6 Å². The Bertz CT molecular complexity index is 1630. The highest BCUT2D eigenvalue weighted by Crippen LogP contribution is 2.39. The number of hydrogen-bond donors (Lipinski definition) is 1. The van der Waals surface area contributed by atoms with Crippen LogP contribution >= 0.6 is 0 Å². The Morgan fingerprint density at radius 1 is 1.25 bits per heavy atom. The van der Waals surface area contributed by atoms with Crippen molar-refractivity contribution >= 4 is 27.5 Å². The van der Waals surface area contributed by atoms with E-state index in [1.54, 1.807) is 0 Å². The lowest BCUT2D eigenvalue weighted by Crippen LogP contribution is -2.41. The third-order valence-electron chi connectivity index (χ3n) is 6.54. The number of aromatic hydroxyl groups is 1. The number of terminal acetylenes is 1. The maximum Gasteiger partial charge on any atom is 0.318 e. The molecule has 4 aromatic rings. The van der Waals surface area contributed by atoms with E-state index in [0.29, 0.717) is 29.7 Å². The molecule has 1 unspecified atom stereocenters. The van der Waals surface area contributed by atoms with Crippen LogP contribution in [-0.4, -0.2) is 40.3 Å². The van der Waals surface area contributed by atoms with E-state index >= 15 is 4.39 Å². The molecule has 0 amide bonds. The fourth-order valence-electron chi connectivity index (χ4n) is 4.81. The van der Waals surface area contributed by atoms with Crippen molar-refractivity contribution in [2.24, 2.45) is 5.41 Å². The van der Waals surface area contributed by atoms with E-state index in [1.807, 2.05) is 11.8 Å². The Kier molecular flexibility index (Phi) is 5.57. The van der Waals surface area contributed by atoms with Crippen molar-refractivity contribution in [1.29, 1.82) is 5.26 Å². The standard InChI is InChI=1S/C27H21F2N5O2/c1-4-17-20(28)7-6-15-10-16(35)11-18(21(15)17)23-22(29)24-19(12-31-23)25(33-26(32-24)36-3)34-9-5-8-27(2,13-30)14-34/h1,6-7,10-12,35H,5,8-9,14H2,2-3H3. The number of piperidine rings is 1. The molecule has 1 saturated heterocycles. The highest BCUT2D eigenvalue weighted by molar-refractivity contribution is 6.03. The summed E-state index contributed by atoms with van der Waals surface area (Å²) < 4.78 is 35.9. The van der Waals surface area contributed by atoms with E-state index < -0.39 is 17.0 Å². The molecule has 7 nitrogen and oxygen atoms in total. The minimum Gasteiger partial charge on any atom is -0.508 e. The van der Waals surface area contributed by atoms with Crippen LogP contribution in [0, 0.1) is 40.7 Å². The topological polar surface area (TPSA) is 95.2 Å². The lowest BCUT2D eigenvalue weighted by atomic mass is 9.83. The third-order valence-corrected chi connectivity index (χ3v) is 6.54. The van der Waals surface area contributed by atoms with Crippen LogP contribution in [0.1, 0.15) is 25.3 Å². The second-order valence-electron chi connectivity index (χ2n) is 9.07. The molecule has 1 fully saturated rings. The summed E-state index contributed by atoms with van der Waals surface area (Å²) in [7, 11) is 1.38. The molecule has 1 atom stereocenters. The van der Waals surface area contributed by atoms with Gasteiger partial charge in [-0.1, -0.05) is 12.0 Å². The molecule has 0 spiro atoms. The first-order valence-corrected chi connectivity index (χ1v) is 11.3. The minimum atomic E-state index is -0.798. The quantitative estimate of drug-likeness (QED) is 0.410. The van der Waals surface area contributed by atoms with Crippen LogP contribution in [0.3, 0.4) is 0 Å². The summed E-state index contributed by atoms with van der Waals surface area (Å²) in [5.41, 5.74) is -0.719. The molecule has 0 bridgehead atoms. The summed E-state index contributed by atoms with van der Waals surface area (Å²) in [6, 6.07) is 7.68. The van der Waals surface area contributed by atoms with Crippen LogP contribution in [0.15, 0.2) is 30.5 Å². The van der Waals surface area contributed by atoms with E-state index in [0.717, 1.165) is 12.8 Å². The zero-order chi connectivity index (χ0) is 25.6. The lowest BCUT2D eigenvalue weighted by molar-refractivity contribution is 0.345. The van der Waals surface area contributed by atoms with E-state index in [1.165, 1.54) is 37.6 Å². The zero-order valence-corrected chi connectivity index (χ0v) is 19.6. The molecule has 180 valence electrons. The average molecular weight is 485 g/mol. The minimum absolute atomic E-state index is 0.0473. The fourth-order valence-corrected chi connectivity index (χ4v) is 4.81. The third kappa shape index (κ3) is 3.70. The number of phenolic OH excluding ortho intramolecular Hbond substituents is 1. The van der Waals surface area contributed by atoms with Crippen LogP contribution in [0.5, 0.6) is 11.8 Å². The first-order valence-electron chi connectivity index (χ1n) is 11.3. The van der Waals surface area contributed by atoms with Crippen molar-refractivity contribution in [3.05, 3.63) is 47.7 Å². The monoisotopic (exact) mass is 485 g/mol. The number of phenols is 1. The fraction of sp³-hybridized carbons (Fsp3) is 0.259. The average Bonchev–Trinajstić information content (AvgIpc) is 2.88. The number of rotatable bonds is 3. The SMILES string of the molecule is C#Cc1c(F)ccc2cc(O)cc(-c3ncc4c(N5CCCC(C)(C#N)C5)nc(OC)nc4c3F)c12. The number of hydrogen-bond acceptors (Lipinski definition) is 7. The predicted molar refractivity (Wildman–Crippen MR) is 132 cm³/mol. The Labute approximate surface area is 206 Å². The van der Waals surface area contributed by atoms with Crippen molar-refractivity contribution in [2.45, 2.75) is 19.8 Å². The maximum absolute atomic E-state index is 16.1. The summed E-state index contributed by atoms with van der Waals surface area (Å²) in [4.78, 5) is 15.0. The van der Waals surface area contributed by atoms with Gasteiger partial charge in [0.05, 0.1) is 29.5 Å². The van der Waals surface area contributed by atoms with E-state index in [9.17, 15) is 14.8 Å². The molecule has 0 aliphatic carbocycles. The molecule has 2 aromatic heterocycles. The van der Waals surface area contributed by atoms with Crippen LogP contribution in [-0.2, 0) is 0 Å². The molecule has 9 heteroatoms. The van der Waals surface area contributed by atoms with Gasteiger partial charge < -0.3 is 14.7 Å². The van der Waals surface area contributed by atoms with Crippen molar-refractivity contribution in [2.75, 3.05) is 25.1 Å². The van der Waals surface area contributed by atoms with Gasteiger partial charge in [-0.25, -0.2) is 8.78 Å². The van der Waals surface area contributed by atoms with Gasteiger partial charge in [-0.2, -0.15) is 15.2 Å². The zero-order valence-electron chi connectivity index (χ0n) is 19.6. The first kappa shape index (κ1) is 23.3. The Morgan fingerprint density at radius 2 is 2.06 bits per heavy atom. The van der Waals surface area contributed by atoms with E-state index in [-0.39, 0.29) is 39.5 Å². The number of fused-ring (bicyclic) bond motifs is 2. The number of ether oxygens (including phenoxy) is 1. The highest BCUT2D eigenvalue weighted by atomic mass is 19.1. The van der Waals surface area contributed by atoms with E-state index in [4.69, 9.17) is 11.2 Å². The van der Waals surface area contributed by atoms with Crippen molar-refractivity contribution in [1.82, 2.24) is 15.0 Å². The molecule has 0 saturated carbocycles. The highest BCUT2D eigenvalue weighted by Gasteiger charge is 2.33. The normalized spacial score (nSPS) is 17.7. The number of nitrogens with zero attached hydrogens (tertiary/aromatic N) is 5. The number of benzene rings is 2. The van der Waals surface area contributed by atoms with Gasteiger partial charge >= 0.3 is 6.01 Å². The van der Waals surface area contributed by atoms with Gasteiger partial charge in [0.1, 0.15) is 28.6 Å². The van der Waals surface area contributed by atoms with Crippen molar-refractivity contribution in [3.63, 3.8) is 0 Å². The molecule has 1 aliphatic heterocycles. The van der Waals surface area contributed by atoms with Gasteiger partial charge in [0.25, 0.3) is 0 Å². The molecule has 1 N–H and O–H groups in total. The summed E-state index contributed by atoms with van der Waals surface area (Å²) in [6.07, 6.45) is 8.52. The number of methoxy groups -OCH3 is 1. The van der Waals surface area contributed by atoms with Gasteiger partial charge in [0.15, 0.2) is 5.82 Å². The second-order valence-corrected chi connectivity index (χ2v) is 9.07. The molecule has 5 rings (SSSR count). The predicted octanol–water partition coefficient (Wildman–Crippen LogP) is 4.95. The first-order chi connectivity index (χ1) is 17.3. The molecular formula is C27H21F2N5O2. The smallest absolute Gasteiger partial charge is 0.318 e. The van der Waals surface area contributed by atoms with Gasteiger partial charge in [0.2, 0.25) is 0 Å². The Balaban J connectivity index is 1.77. The molecule has 3 heterocycles. The molecule has 2 aromatic carbocycles. The number of pyridine rings is 1. The number of halogens is 2. The van der Waals surface area contributed by atoms with E-state index in [2.05, 4.69) is 26.9 Å². The van der Waals surface area contributed by atoms with Crippen LogP contribution in [0.25, 0.3) is 32.9 Å². The second kappa shape index (κ2) is 8.62. The number of anilines is 1. The van der Waals surface area contributed by atoms with Crippen LogP contribution in [0.4, 0.5) is 14.6 Å². The van der Waals surface area contributed by atoms with Gasteiger partial charge in [-0.15, -0.1) is 6.42 Å². The Morgan fingerprint density at radius 3 is 2.78 bits per heavy atom. The van der Waals surface area contributed by atoms with Crippen molar-refractivity contribution in [3.8, 4) is 41.4 Å². The summed E-state index contributed by atoms with van der Waals surface area (Å²) in [6.45, 7) is 2.91. The number of aromatic nitrogens is 3. The van der Waals surface area contributed by atoms with Crippen LogP contribution in [0.2, 0.25) is 0 Å². The van der Waals surface area contributed by atoms with Crippen LogP contribution < -0.4 is 9.64 Å². The maximum atomic E-state index is 16.1. The molecule has 1 aliphatic rings. The van der Waals surface area contributed by atoms with Gasteiger partial charge in [-0.05, 0) is 43.4 Å². The molecule has 36 heavy (non-hydrogen) atoms. The summed E-state index contributed by atoms with van der Waals surface area (Å²) in [5, 5.41) is 21.0. The van der Waals surface area contributed by atoms with Gasteiger partial charge in [0, 0.05) is 30.2 Å². The molecular weight excluding hydrogens is 464 g/mol. The largest absolute Gasteiger partial charge is 0.508 e. The molecule has 0 radical (unpaired) electrons. The van der Waals surface area contributed by atoms with Gasteiger partial charge in [-0.3, -0.25) is 4.98 Å². The lowest BCUT2D eigenvalue weighted by Gasteiger charge is -2.37. The summed E-state index contributed by atoms with van der Waals surface area (Å²) >= 11 is 0.